The summed E-state index contributed by atoms with van der Waals surface area (Å²) in [6.07, 6.45) is -2.70. The summed E-state index contributed by atoms with van der Waals surface area (Å²) in [4.78, 5) is 0. The van der Waals surface area contributed by atoms with Crippen molar-refractivity contribution in [2.45, 2.75) is 13.0 Å². The highest BCUT2D eigenvalue weighted by atomic mass is 35.5. The number of aromatic nitrogens is 1. The molecule has 0 atom stereocenters. The van der Waals surface area contributed by atoms with Gasteiger partial charge in [0.1, 0.15) is 12.6 Å². The average Bonchev–Trinajstić information content (AvgIpc) is 2.70. The molecule has 0 N–H and O–H groups in total. The second kappa shape index (κ2) is 4.64. The van der Waals surface area contributed by atoms with E-state index in [1.165, 1.54) is 22.8 Å². The fourth-order valence-electron chi connectivity index (χ4n) is 1.83. The zero-order valence-corrected chi connectivity index (χ0v) is 9.75. The molecule has 0 spiro atoms. The molecule has 2 rings (SSSR count). The van der Waals surface area contributed by atoms with Gasteiger partial charge in [-0.25, -0.2) is 8.78 Å². The van der Waals surface area contributed by atoms with Crippen LogP contribution in [0.5, 0.6) is 0 Å². The van der Waals surface area contributed by atoms with Gasteiger partial charge < -0.3 is 4.57 Å². The summed E-state index contributed by atoms with van der Waals surface area (Å²) in [5.74, 6) is 0. The van der Waals surface area contributed by atoms with Gasteiger partial charge in [0.05, 0.1) is 27.9 Å². The van der Waals surface area contributed by atoms with Crippen LogP contribution in [0, 0.1) is 22.7 Å². The van der Waals surface area contributed by atoms with Crippen molar-refractivity contribution < 1.29 is 8.78 Å². The van der Waals surface area contributed by atoms with Crippen LogP contribution in [0.2, 0.25) is 5.02 Å². The molecule has 0 amide bonds. The second-order valence-corrected chi connectivity index (χ2v) is 3.96. The zero-order valence-electron chi connectivity index (χ0n) is 8.99. The van der Waals surface area contributed by atoms with E-state index in [-0.39, 0.29) is 22.8 Å². The third kappa shape index (κ3) is 1.79. The Kier molecular flexibility index (Phi) is 3.18. The predicted molar refractivity (Wildman–Crippen MR) is 62.2 cm³/mol. The van der Waals surface area contributed by atoms with Crippen LogP contribution in [0.1, 0.15) is 17.7 Å². The van der Waals surface area contributed by atoms with Gasteiger partial charge in [-0.3, -0.25) is 0 Å². The molecular formula is C12H6ClF2N3. The van der Waals surface area contributed by atoms with E-state index in [1.54, 1.807) is 0 Å². The molecule has 3 nitrogen and oxygen atoms in total. The minimum absolute atomic E-state index is 0.133. The summed E-state index contributed by atoms with van der Waals surface area (Å²) in [6, 6.07) is 7.90. The molecule has 2 aromatic rings. The quantitative estimate of drug-likeness (QED) is 0.832. The molecule has 0 radical (unpaired) electrons. The highest BCUT2D eigenvalue weighted by molar-refractivity contribution is 6.36. The van der Waals surface area contributed by atoms with Crippen molar-refractivity contribution >= 4 is 22.5 Å². The molecule has 0 aliphatic heterocycles. The fraction of sp³-hybridized carbons (Fsp3) is 0.167. The Labute approximate surface area is 106 Å². The summed E-state index contributed by atoms with van der Waals surface area (Å²) in [7, 11) is 0. The lowest BCUT2D eigenvalue weighted by Crippen LogP contribution is -2.01. The molecule has 0 fully saturated rings. The van der Waals surface area contributed by atoms with Crippen LogP contribution in [-0.4, -0.2) is 4.57 Å². The number of fused-ring (bicyclic) bond motifs is 1. The molecule has 6 heteroatoms. The minimum Gasteiger partial charge on any atom is -0.326 e. The Hall–Kier alpha value is -2.11. The highest BCUT2D eigenvalue weighted by Crippen LogP contribution is 2.33. The lowest BCUT2D eigenvalue weighted by Gasteiger charge is -2.05. The first kappa shape index (κ1) is 12.3. The van der Waals surface area contributed by atoms with Gasteiger partial charge in [-0.15, -0.1) is 0 Å². The lowest BCUT2D eigenvalue weighted by molar-refractivity contribution is 0.142. The molecule has 1 aromatic heterocycles. The van der Waals surface area contributed by atoms with Crippen LogP contribution in [0.3, 0.4) is 0 Å². The Bertz CT molecular complexity index is 692. The SMILES string of the molecule is N#CCn1c(C(F)F)cc2c(Cl)c(C#N)ccc21. The topological polar surface area (TPSA) is 52.5 Å². The third-order valence-corrected chi connectivity index (χ3v) is 3.03. The van der Waals surface area contributed by atoms with E-state index < -0.39 is 6.43 Å². The van der Waals surface area contributed by atoms with E-state index in [2.05, 4.69) is 0 Å². The third-order valence-electron chi connectivity index (χ3n) is 2.62. The number of halogens is 3. The van der Waals surface area contributed by atoms with Gasteiger partial charge in [-0.05, 0) is 18.2 Å². The van der Waals surface area contributed by atoms with Crippen LogP contribution in [0.4, 0.5) is 8.78 Å². The molecule has 0 bridgehead atoms. The standard InChI is InChI=1S/C12H6ClF2N3/c13-11-7(6-17)1-2-9-8(11)5-10(12(14)15)18(9)4-3-16/h1-2,5,12H,4H2. The molecule has 18 heavy (non-hydrogen) atoms. The second-order valence-electron chi connectivity index (χ2n) is 3.59. The Morgan fingerprint density at radius 1 is 1.33 bits per heavy atom. The number of hydrogen-bond donors (Lipinski definition) is 0. The molecular weight excluding hydrogens is 260 g/mol. The summed E-state index contributed by atoms with van der Waals surface area (Å²) < 4.78 is 26.9. The van der Waals surface area contributed by atoms with Crippen molar-refractivity contribution in [3.63, 3.8) is 0 Å². The monoisotopic (exact) mass is 265 g/mol. The van der Waals surface area contributed by atoms with Gasteiger partial charge in [0, 0.05) is 5.39 Å². The van der Waals surface area contributed by atoms with Crippen molar-refractivity contribution in [3.05, 3.63) is 34.5 Å². The summed E-state index contributed by atoms with van der Waals surface area (Å²) in [5.41, 5.74) is 0.374. The Balaban J connectivity index is 2.82. The van der Waals surface area contributed by atoms with Gasteiger partial charge in [0.25, 0.3) is 6.43 Å². The molecule has 1 aromatic carbocycles. The van der Waals surface area contributed by atoms with E-state index in [4.69, 9.17) is 22.1 Å². The van der Waals surface area contributed by atoms with Crippen molar-refractivity contribution in [1.29, 1.82) is 10.5 Å². The number of hydrogen-bond acceptors (Lipinski definition) is 2. The highest BCUT2D eigenvalue weighted by Gasteiger charge is 2.19. The summed E-state index contributed by atoms with van der Waals surface area (Å²) in [5, 5.41) is 18.0. The molecule has 0 aliphatic carbocycles. The first-order valence-electron chi connectivity index (χ1n) is 4.97. The Morgan fingerprint density at radius 2 is 2.06 bits per heavy atom. The maximum Gasteiger partial charge on any atom is 0.278 e. The maximum atomic E-state index is 12.9. The van der Waals surface area contributed by atoms with Crippen LogP contribution in [-0.2, 0) is 6.54 Å². The molecule has 90 valence electrons. The Morgan fingerprint density at radius 3 is 2.61 bits per heavy atom. The first-order chi connectivity index (χ1) is 8.60. The number of benzene rings is 1. The van der Waals surface area contributed by atoms with Crippen LogP contribution in [0.15, 0.2) is 18.2 Å². The van der Waals surface area contributed by atoms with E-state index in [0.29, 0.717) is 10.9 Å². The summed E-state index contributed by atoms with van der Waals surface area (Å²) >= 11 is 5.97. The van der Waals surface area contributed by atoms with Crippen LogP contribution in [0.25, 0.3) is 10.9 Å². The van der Waals surface area contributed by atoms with E-state index >= 15 is 0 Å². The zero-order chi connectivity index (χ0) is 13.3. The number of alkyl halides is 2. The normalized spacial score (nSPS) is 10.6. The van der Waals surface area contributed by atoms with Crippen molar-refractivity contribution in [1.82, 2.24) is 4.57 Å². The first-order valence-corrected chi connectivity index (χ1v) is 5.34. The molecule has 1 heterocycles. The van der Waals surface area contributed by atoms with E-state index in [1.807, 2.05) is 12.1 Å². The maximum absolute atomic E-state index is 12.9. The molecule has 0 saturated carbocycles. The van der Waals surface area contributed by atoms with Crippen molar-refractivity contribution in [2.24, 2.45) is 0 Å². The van der Waals surface area contributed by atoms with Crippen LogP contribution >= 0.6 is 11.6 Å². The van der Waals surface area contributed by atoms with Crippen molar-refractivity contribution in [3.8, 4) is 12.1 Å². The van der Waals surface area contributed by atoms with E-state index in [9.17, 15) is 8.78 Å². The summed E-state index contributed by atoms with van der Waals surface area (Å²) in [6.45, 7) is -0.189. The number of nitriles is 2. The molecule has 0 saturated heterocycles. The van der Waals surface area contributed by atoms with Gasteiger partial charge in [-0.2, -0.15) is 10.5 Å². The van der Waals surface area contributed by atoms with Crippen molar-refractivity contribution in [2.75, 3.05) is 0 Å². The van der Waals surface area contributed by atoms with Gasteiger partial charge in [-0.1, -0.05) is 11.6 Å². The number of rotatable bonds is 2. The minimum atomic E-state index is -2.70. The smallest absolute Gasteiger partial charge is 0.278 e. The predicted octanol–water partition coefficient (Wildman–Crippen LogP) is 3.63. The average molecular weight is 266 g/mol. The van der Waals surface area contributed by atoms with Gasteiger partial charge in [0.15, 0.2) is 0 Å². The number of nitrogens with zero attached hydrogens (tertiary/aromatic N) is 3. The van der Waals surface area contributed by atoms with Crippen LogP contribution < -0.4 is 0 Å². The molecule has 0 unspecified atom stereocenters. The molecule has 0 aliphatic rings. The fourth-order valence-corrected chi connectivity index (χ4v) is 2.09. The van der Waals surface area contributed by atoms with Gasteiger partial charge in [0.2, 0.25) is 0 Å². The van der Waals surface area contributed by atoms with Gasteiger partial charge >= 0.3 is 0 Å². The largest absolute Gasteiger partial charge is 0.326 e. The van der Waals surface area contributed by atoms with E-state index in [0.717, 1.165) is 0 Å². The lowest BCUT2D eigenvalue weighted by atomic mass is 10.1.